The van der Waals surface area contributed by atoms with Gasteiger partial charge in [0, 0.05) is 10.8 Å². The third kappa shape index (κ3) is 8.01. The maximum Gasteiger partial charge on any atom is 0.160 e. The Balaban J connectivity index is 2.29. The minimum atomic E-state index is -0.891. The van der Waals surface area contributed by atoms with E-state index < -0.39 is 18.4 Å². The number of hydrogen-bond donors (Lipinski definition) is 1. The second kappa shape index (κ2) is 15.2. The number of azide groups is 1. The Morgan fingerprint density at radius 2 is 1.77 bits per heavy atom. The fraction of sp³-hybridized carbons (Fsp3) is 0.938. The van der Waals surface area contributed by atoms with Crippen LogP contribution in [0.3, 0.4) is 0 Å². The number of rotatable bonds is 13. The first-order valence-corrected chi connectivity index (χ1v) is 15.7. The summed E-state index contributed by atoms with van der Waals surface area (Å²) in [5.74, 6) is 3.36. The van der Waals surface area contributed by atoms with Gasteiger partial charge in [-0.2, -0.15) is 0 Å². The molecule has 2 aliphatic rings. The number of ether oxygens (including phenoxy) is 3. The highest BCUT2D eigenvalue weighted by molar-refractivity contribution is 5.00. The van der Waals surface area contributed by atoms with Gasteiger partial charge in [-0.15, -0.1) is 0 Å². The van der Waals surface area contributed by atoms with E-state index >= 15 is 0 Å². The Kier molecular flexibility index (Phi) is 13.3. The predicted molar refractivity (Wildman–Crippen MR) is 159 cm³/mol. The standard InChI is InChI=1S/C32H59N3O4/c1-12-15-16-27(36)26(34-35-33)18-37-31-24(9)29(23(8)28(14-3)38-31)25(10)32(11)17-20(5)22(7)30(39-32)21(6)19(4)13-2/h15-16,19-31,36H,12-14,17-18H2,1-11H3/b16-15+/t19?,20?,21?,22?,23?,24?,25-,26?,27?,28?,29?,30?,31?,32?/m0/s1. The van der Waals surface area contributed by atoms with E-state index in [1.807, 2.05) is 13.0 Å². The van der Waals surface area contributed by atoms with Crippen molar-refractivity contribution in [3.05, 3.63) is 22.6 Å². The average Bonchev–Trinajstić information content (AvgIpc) is 2.91. The second-order valence-electron chi connectivity index (χ2n) is 13.1. The van der Waals surface area contributed by atoms with Crippen molar-refractivity contribution in [3.63, 3.8) is 0 Å². The fourth-order valence-electron chi connectivity index (χ4n) is 7.36. The van der Waals surface area contributed by atoms with Gasteiger partial charge in [-0.1, -0.05) is 92.9 Å². The minimum absolute atomic E-state index is 0.0693. The molecular weight excluding hydrogens is 490 g/mol. The molecule has 2 aliphatic heterocycles. The molecule has 2 heterocycles. The normalized spacial score (nSPS) is 39.5. The van der Waals surface area contributed by atoms with Crippen molar-refractivity contribution in [3.8, 4) is 0 Å². The van der Waals surface area contributed by atoms with Gasteiger partial charge in [-0.05, 0) is 73.1 Å². The zero-order valence-corrected chi connectivity index (χ0v) is 26.7. The molecule has 0 aliphatic carbocycles. The molecule has 0 saturated carbocycles. The number of nitrogens with zero attached hydrogens (tertiary/aromatic N) is 3. The predicted octanol–water partition coefficient (Wildman–Crippen LogP) is 8.17. The van der Waals surface area contributed by atoms with Crippen LogP contribution in [0.25, 0.3) is 10.4 Å². The van der Waals surface area contributed by atoms with E-state index in [2.05, 4.69) is 79.3 Å². The minimum Gasteiger partial charge on any atom is -0.389 e. The van der Waals surface area contributed by atoms with Crippen molar-refractivity contribution in [1.29, 1.82) is 0 Å². The van der Waals surface area contributed by atoms with Crippen molar-refractivity contribution >= 4 is 0 Å². The molecule has 0 aromatic rings. The van der Waals surface area contributed by atoms with Gasteiger partial charge in [0.15, 0.2) is 6.29 Å². The smallest absolute Gasteiger partial charge is 0.160 e. The zero-order valence-electron chi connectivity index (χ0n) is 26.7. The van der Waals surface area contributed by atoms with Crippen LogP contribution in [0.2, 0.25) is 0 Å². The summed E-state index contributed by atoms with van der Waals surface area (Å²) in [5, 5.41) is 14.4. The molecule has 2 saturated heterocycles. The summed E-state index contributed by atoms with van der Waals surface area (Å²) in [6.07, 6.45) is 6.46. The maximum absolute atomic E-state index is 10.5. The first-order chi connectivity index (χ1) is 18.4. The van der Waals surface area contributed by atoms with E-state index in [0.717, 1.165) is 19.3 Å². The topological polar surface area (TPSA) is 96.7 Å². The number of allylic oxidation sites excluding steroid dienone is 1. The third-order valence-corrected chi connectivity index (χ3v) is 10.7. The van der Waals surface area contributed by atoms with Gasteiger partial charge < -0.3 is 19.3 Å². The highest BCUT2D eigenvalue weighted by Gasteiger charge is 2.53. The van der Waals surface area contributed by atoms with Crippen molar-refractivity contribution in [2.75, 3.05) is 6.61 Å². The van der Waals surface area contributed by atoms with Gasteiger partial charge >= 0.3 is 0 Å². The Morgan fingerprint density at radius 1 is 1.10 bits per heavy atom. The summed E-state index contributed by atoms with van der Waals surface area (Å²) in [5.41, 5.74) is 8.84. The summed E-state index contributed by atoms with van der Waals surface area (Å²) in [7, 11) is 0. The molecule has 0 spiro atoms. The molecule has 0 bridgehead atoms. The van der Waals surface area contributed by atoms with E-state index in [1.54, 1.807) is 6.08 Å². The monoisotopic (exact) mass is 549 g/mol. The SMILES string of the molecule is CC/C=C/C(O)C(COC1OC(CC)C(C)C([C@H](C)C2(C)CC(C)C(C)C(C(C)C(C)CC)O2)C1C)N=[N+]=[N-]. The van der Waals surface area contributed by atoms with E-state index in [1.165, 1.54) is 6.42 Å². The van der Waals surface area contributed by atoms with Crippen LogP contribution in [0.4, 0.5) is 0 Å². The molecule has 2 fully saturated rings. The molecule has 1 N–H and O–H groups in total. The summed E-state index contributed by atoms with van der Waals surface area (Å²) >= 11 is 0. The Bertz CT molecular complexity index is 817. The van der Waals surface area contributed by atoms with Crippen LogP contribution in [0, 0.1) is 47.3 Å². The Hall–Kier alpha value is -1.11. The zero-order chi connectivity index (χ0) is 29.5. The average molecular weight is 550 g/mol. The summed E-state index contributed by atoms with van der Waals surface area (Å²) in [4.78, 5) is 2.95. The molecule has 7 nitrogen and oxygen atoms in total. The molecule has 2 rings (SSSR count). The molecule has 14 atom stereocenters. The lowest BCUT2D eigenvalue weighted by atomic mass is 9.62. The van der Waals surface area contributed by atoms with Crippen LogP contribution in [0.15, 0.2) is 17.3 Å². The van der Waals surface area contributed by atoms with E-state index in [0.29, 0.717) is 41.4 Å². The molecule has 0 aromatic heterocycles. The highest BCUT2D eigenvalue weighted by Crippen LogP contribution is 2.51. The third-order valence-electron chi connectivity index (χ3n) is 10.7. The van der Waals surface area contributed by atoms with Gasteiger partial charge in [-0.3, -0.25) is 0 Å². The summed E-state index contributed by atoms with van der Waals surface area (Å²) < 4.78 is 20.0. The van der Waals surface area contributed by atoms with E-state index in [-0.39, 0.29) is 30.3 Å². The molecule has 39 heavy (non-hydrogen) atoms. The molecule has 7 heteroatoms. The molecule has 0 radical (unpaired) electrons. The van der Waals surface area contributed by atoms with Crippen molar-refractivity contribution in [2.24, 2.45) is 52.5 Å². The number of hydrogen-bond acceptors (Lipinski definition) is 5. The van der Waals surface area contributed by atoms with Gasteiger partial charge in [0.1, 0.15) is 0 Å². The Labute approximate surface area is 239 Å². The lowest BCUT2D eigenvalue weighted by Crippen LogP contribution is -2.58. The maximum atomic E-state index is 10.5. The van der Waals surface area contributed by atoms with Gasteiger partial charge in [0.05, 0.1) is 36.6 Å². The van der Waals surface area contributed by atoms with Crippen LogP contribution < -0.4 is 0 Å². The van der Waals surface area contributed by atoms with E-state index in [4.69, 9.17) is 19.7 Å². The molecule has 13 unspecified atom stereocenters. The van der Waals surface area contributed by atoms with Gasteiger partial charge in [0.2, 0.25) is 0 Å². The Morgan fingerprint density at radius 3 is 2.33 bits per heavy atom. The quantitative estimate of drug-likeness (QED) is 0.108. The van der Waals surface area contributed by atoms with Crippen LogP contribution in [-0.2, 0) is 14.2 Å². The van der Waals surface area contributed by atoms with Crippen molar-refractivity contribution in [1.82, 2.24) is 0 Å². The summed E-state index contributed by atoms with van der Waals surface area (Å²) in [6, 6.07) is -0.701. The first kappa shape index (κ1) is 34.1. The van der Waals surface area contributed by atoms with Crippen molar-refractivity contribution < 1.29 is 19.3 Å². The van der Waals surface area contributed by atoms with Crippen molar-refractivity contribution in [2.45, 2.75) is 138 Å². The van der Waals surface area contributed by atoms with Gasteiger partial charge in [0.25, 0.3) is 0 Å². The fourth-order valence-corrected chi connectivity index (χ4v) is 7.36. The van der Waals surface area contributed by atoms with E-state index in [9.17, 15) is 5.11 Å². The largest absolute Gasteiger partial charge is 0.389 e. The van der Waals surface area contributed by atoms with Crippen LogP contribution in [-0.4, -0.2) is 48.0 Å². The molecular formula is C32H59N3O4. The first-order valence-electron chi connectivity index (χ1n) is 15.7. The molecule has 0 aromatic carbocycles. The lowest BCUT2D eigenvalue weighted by molar-refractivity contribution is -0.277. The highest BCUT2D eigenvalue weighted by atomic mass is 16.7. The van der Waals surface area contributed by atoms with Crippen LogP contribution >= 0.6 is 0 Å². The lowest BCUT2D eigenvalue weighted by Gasteiger charge is -2.56. The van der Waals surface area contributed by atoms with Crippen LogP contribution in [0.1, 0.15) is 102 Å². The number of aliphatic hydroxyl groups excluding tert-OH is 1. The summed E-state index contributed by atoms with van der Waals surface area (Å²) in [6.45, 7) is 25.3. The second-order valence-corrected chi connectivity index (χ2v) is 13.1. The molecule has 0 amide bonds. The van der Waals surface area contributed by atoms with Gasteiger partial charge in [-0.25, -0.2) is 0 Å². The van der Waals surface area contributed by atoms with Crippen LogP contribution in [0.5, 0.6) is 0 Å². The molecule has 226 valence electrons. The number of aliphatic hydroxyl groups is 1.